The van der Waals surface area contributed by atoms with E-state index in [-0.39, 0.29) is 42.7 Å². The van der Waals surface area contributed by atoms with Gasteiger partial charge in [0.05, 0.1) is 42.1 Å². The summed E-state index contributed by atoms with van der Waals surface area (Å²) in [5, 5.41) is 19.4. The lowest BCUT2D eigenvalue weighted by molar-refractivity contribution is -0.165. The van der Waals surface area contributed by atoms with Crippen LogP contribution in [0.15, 0.2) is 79.9 Å². The number of likely N-dealkylation sites (N-methyl/N-ethyl adjacent to an activating group) is 1. The number of allylic oxidation sites excluding steroid dienone is 1. The third-order valence-corrected chi connectivity index (χ3v) is 12.7. The largest absolute Gasteiger partial charge is 0.455 e. The van der Waals surface area contributed by atoms with Gasteiger partial charge in [0.2, 0.25) is 17.7 Å². The van der Waals surface area contributed by atoms with Crippen molar-refractivity contribution in [2.75, 3.05) is 20.2 Å². The molecule has 3 fully saturated rings. The van der Waals surface area contributed by atoms with Crippen LogP contribution < -0.4 is 0 Å². The SMILES string of the molecule is C=CCCC(=O)N(C)[C@H](C)[C@H](OC(=O)[C@H]1[C@@H]2O[C@@]3(CC2Br)[C@@H]1C(=O)N([C@@H](CO)[C@@H](C)CC)[C@@H]3C(=O)N(CC=C)Cn1nnc2ccccc21)c1ccccc1. The van der Waals surface area contributed by atoms with Crippen LogP contribution in [0, 0.1) is 17.8 Å². The number of carbonyl (C=O) groups is 4. The molecule has 0 saturated carbocycles. The van der Waals surface area contributed by atoms with Crippen LogP contribution in [0.1, 0.15) is 58.1 Å². The second-order valence-corrected chi connectivity index (χ2v) is 16.1. The molecule has 3 aliphatic heterocycles. The fourth-order valence-electron chi connectivity index (χ4n) is 8.64. The zero-order valence-corrected chi connectivity index (χ0v) is 33.5. The lowest BCUT2D eigenvalue weighted by atomic mass is 9.70. The standard InChI is InChI=1S/C41H51BrN6O7/c1-7-10-20-32(50)45(6)26(5)35(27-16-12-11-13-17-27)54-40(53)33-34-38(51)48(31(23-49)25(4)9-3)37(41(34)22-28(42)36(33)55-41)39(52)46(21-8-2)24-47-30-19-15-14-18-29(30)43-44-47/h7-8,11-19,25-26,28,31,33-37,49H,1-2,9-10,20-24H2,3-6H3/t25-,26+,28?,31-,33+,34-,35-,36+,37+,41-/m0/s1. The smallest absolute Gasteiger partial charge is 0.313 e. The number of aliphatic hydroxyl groups is 1. The number of alkyl halides is 1. The van der Waals surface area contributed by atoms with Crippen molar-refractivity contribution in [2.24, 2.45) is 17.8 Å². The number of rotatable bonds is 17. The molecule has 2 aromatic carbocycles. The fourth-order valence-corrected chi connectivity index (χ4v) is 9.58. The highest BCUT2D eigenvalue weighted by atomic mass is 79.9. The molecule has 14 heteroatoms. The summed E-state index contributed by atoms with van der Waals surface area (Å²) in [6.07, 6.45) is 3.31. The van der Waals surface area contributed by atoms with Gasteiger partial charge in [-0.1, -0.05) is 96.0 Å². The van der Waals surface area contributed by atoms with E-state index in [0.29, 0.717) is 23.9 Å². The Morgan fingerprint density at radius 2 is 1.84 bits per heavy atom. The highest BCUT2D eigenvalue weighted by molar-refractivity contribution is 9.09. The molecule has 10 atom stereocenters. The van der Waals surface area contributed by atoms with Crippen LogP contribution in [0.3, 0.4) is 0 Å². The van der Waals surface area contributed by atoms with Gasteiger partial charge in [0.15, 0.2) is 0 Å². The summed E-state index contributed by atoms with van der Waals surface area (Å²) in [6.45, 7) is 13.1. The number of ether oxygens (including phenoxy) is 2. The molecule has 0 aliphatic carbocycles. The predicted octanol–water partition coefficient (Wildman–Crippen LogP) is 4.66. The molecular weight excluding hydrogens is 768 g/mol. The van der Waals surface area contributed by atoms with E-state index in [9.17, 15) is 14.7 Å². The molecule has 1 N–H and O–H groups in total. The van der Waals surface area contributed by atoms with E-state index >= 15 is 9.59 Å². The lowest BCUT2D eigenvalue weighted by Gasteiger charge is -2.40. The summed E-state index contributed by atoms with van der Waals surface area (Å²) in [6, 6.07) is 14.1. The van der Waals surface area contributed by atoms with Crippen LogP contribution in [0.25, 0.3) is 11.0 Å². The van der Waals surface area contributed by atoms with Gasteiger partial charge in [0.25, 0.3) is 0 Å². The Morgan fingerprint density at radius 3 is 2.51 bits per heavy atom. The third-order valence-electron chi connectivity index (χ3n) is 11.8. The molecular formula is C41H51BrN6O7. The molecule has 13 nitrogen and oxygen atoms in total. The Labute approximate surface area is 330 Å². The van der Waals surface area contributed by atoms with Crippen LogP contribution in [0.4, 0.5) is 0 Å². The number of hydrogen-bond acceptors (Lipinski definition) is 9. The molecule has 1 spiro atoms. The fraction of sp³-hybridized carbons (Fsp3) is 0.512. The van der Waals surface area contributed by atoms with Crippen LogP contribution in [0.5, 0.6) is 0 Å². The van der Waals surface area contributed by atoms with Crippen LogP contribution in [0.2, 0.25) is 0 Å². The molecule has 2 bridgehead atoms. The Hall–Kier alpha value is -4.40. The van der Waals surface area contributed by atoms with Crippen molar-refractivity contribution in [3.63, 3.8) is 0 Å². The predicted molar refractivity (Wildman–Crippen MR) is 209 cm³/mol. The first-order valence-corrected chi connectivity index (χ1v) is 19.9. The topological polar surface area (TPSA) is 147 Å². The van der Waals surface area contributed by atoms with Crippen molar-refractivity contribution in [3.8, 4) is 0 Å². The van der Waals surface area contributed by atoms with E-state index in [4.69, 9.17) is 9.47 Å². The summed E-state index contributed by atoms with van der Waals surface area (Å²) in [4.78, 5) is 62.2. The quantitative estimate of drug-likeness (QED) is 0.117. The van der Waals surface area contributed by atoms with Gasteiger partial charge in [-0.25, -0.2) is 4.68 Å². The molecule has 1 aromatic heterocycles. The lowest BCUT2D eigenvalue weighted by Crippen LogP contribution is -2.60. The average Bonchev–Trinajstić information content (AvgIpc) is 3.92. The molecule has 3 amide bonds. The van der Waals surface area contributed by atoms with Crippen molar-refractivity contribution in [2.45, 2.75) is 93.9 Å². The molecule has 3 saturated heterocycles. The summed E-state index contributed by atoms with van der Waals surface area (Å²) < 4.78 is 14.8. The van der Waals surface area contributed by atoms with Gasteiger partial charge in [0, 0.05) is 24.8 Å². The van der Waals surface area contributed by atoms with E-state index in [1.165, 1.54) is 4.90 Å². The summed E-state index contributed by atoms with van der Waals surface area (Å²) >= 11 is 3.76. The monoisotopic (exact) mass is 818 g/mol. The number of nitrogens with zero attached hydrogens (tertiary/aromatic N) is 6. The molecule has 55 heavy (non-hydrogen) atoms. The number of aromatic nitrogens is 3. The number of amides is 3. The first kappa shape index (κ1) is 40.3. The molecule has 4 heterocycles. The van der Waals surface area contributed by atoms with Crippen LogP contribution in [-0.2, 0) is 35.3 Å². The van der Waals surface area contributed by atoms with Gasteiger partial charge < -0.3 is 29.3 Å². The molecule has 1 unspecified atom stereocenters. The van der Waals surface area contributed by atoms with E-state index in [1.54, 1.807) is 33.7 Å². The number of likely N-dealkylation sites (tertiary alicyclic amines) is 1. The number of fused-ring (bicyclic) bond motifs is 2. The Bertz CT molecular complexity index is 1910. The van der Waals surface area contributed by atoms with Crippen molar-refractivity contribution in [1.29, 1.82) is 0 Å². The molecule has 294 valence electrons. The molecule has 0 radical (unpaired) electrons. The van der Waals surface area contributed by atoms with Gasteiger partial charge in [-0.2, -0.15) is 0 Å². The van der Waals surface area contributed by atoms with E-state index in [0.717, 1.165) is 5.52 Å². The number of esters is 1. The maximum atomic E-state index is 15.1. The number of hydrogen-bond donors (Lipinski definition) is 1. The summed E-state index contributed by atoms with van der Waals surface area (Å²) in [5.41, 5.74) is 0.668. The Morgan fingerprint density at radius 1 is 1.13 bits per heavy atom. The minimum absolute atomic E-state index is 0.0140. The van der Waals surface area contributed by atoms with Gasteiger partial charge in [-0.05, 0) is 43.4 Å². The van der Waals surface area contributed by atoms with Crippen LogP contribution in [-0.4, -0.2) is 113 Å². The number of halogens is 1. The normalized spacial score (nSPS) is 26.3. The number of carbonyl (C=O) groups excluding carboxylic acids is 4. The van der Waals surface area contributed by atoms with E-state index in [2.05, 4.69) is 39.4 Å². The zero-order valence-electron chi connectivity index (χ0n) is 31.9. The van der Waals surface area contributed by atoms with E-state index in [1.807, 2.05) is 75.4 Å². The highest BCUT2D eigenvalue weighted by Gasteiger charge is 2.78. The first-order chi connectivity index (χ1) is 26.4. The minimum atomic E-state index is -1.41. The summed E-state index contributed by atoms with van der Waals surface area (Å²) in [7, 11) is 1.68. The van der Waals surface area contributed by atoms with Crippen molar-refractivity contribution < 1.29 is 33.8 Å². The van der Waals surface area contributed by atoms with Crippen molar-refractivity contribution in [1.82, 2.24) is 29.7 Å². The highest BCUT2D eigenvalue weighted by Crippen LogP contribution is 2.61. The Balaban J connectivity index is 1.38. The maximum absolute atomic E-state index is 15.1. The van der Waals surface area contributed by atoms with Gasteiger partial charge in [-0.15, -0.1) is 18.3 Å². The van der Waals surface area contributed by atoms with Gasteiger partial charge in [0.1, 0.15) is 29.9 Å². The molecule has 3 aromatic rings. The number of para-hydroxylation sites is 1. The minimum Gasteiger partial charge on any atom is -0.455 e. The first-order valence-electron chi connectivity index (χ1n) is 19.0. The summed E-state index contributed by atoms with van der Waals surface area (Å²) in [5.74, 6) is -3.97. The van der Waals surface area contributed by atoms with Crippen molar-refractivity contribution in [3.05, 3.63) is 85.5 Å². The van der Waals surface area contributed by atoms with Gasteiger partial charge in [-0.3, -0.25) is 19.2 Å². The van der Waals surface area contributed by atoms with E-state index < -0.39 is 72.2 Å². The second kappa shape index (κ2) is 16.8. The number of benzene rings is 2. The van der Waals surface area contributed by atoms with Crippen molar-refractivity contribution >= 4 is 50.7 Å². The molecule has 3 aliphatic rings. The number of aliphatic hydroxyl groups excluding tert-OH is 1. The van der Waals surface area contributed by atoms with Gasteiger partial charge >= 0.3 is 5.97 Å². The zero-order chi connectivity index (χ0) is 39.6. The Kier molecular flexibility index (Phi) is 12.3. The van der Waals surface area contributed by atoms with Crippen LogP contribution >= 0.6 is 15.9 Å². The molecule has 6 rings (SSSR count). The second-order valence-electron chi connectivity index (χ2n) is 15.0. The maximum Gasteiger partial charge on any atom is 0.313 e. The average molecular weight is 820 g/mol. The third kappa shape index (κ3) is 7.24.